The second kappa shape index (κ2) is 9.24. The van der Waals surface area contributed by atoms with Gasteiger partial charge in [-0.1, -0.05) is 12.2 Å². The number of furan rings is 1. The third-order valence-corrected chi connectivity index (χ3v) is 4.99. The van der Waals surface area contributed by atoms with E-state index in [0.717, 1.165) is 28.6 Å². The number of anilines is 1. The average Bonchev–Trinajstić information content (AvgIpc) is 3.44. The number of tetrazole rings is 1. The highest BCUT2D eigenvalue weighted by Crippen LogP contribution is 2.20. The Labute approximate surface area is 177 Å². The minimum Gasteiger partial charge on any atom is -0.467 e. The molecular formula is C21H22N6O4. The number of carbonyl (C=O) groups is 2. The summed E-state index contributed by atoms with van der Waals surface area (Å²) in [4.78, 5) is 36.9. The fourth-order valence-corrected chi connectivity index (χ4v) is 3.29. The predicted octanol–water partition coefficient (Wildman–Crippen LogP) is 1.63. The Morgan fingerprint density at radius 1 is 1.13 bits per heavy atom. The van der Waals surface area contributed by atoms with Crippen LogP contribution >= 0.6 is 0 Å². The van der Waals surface area contributed by atoms with E-state index in [4.69, 9.17) is 4.42 Å². The topological polar surface area (TPSA) is 124 Å². The van der Waals surface area contributed by atoms with Crippen molar-refractivity contribution in [1.29, 1.82) is 0 Å². The fraction of sp³-hybridized carbons (Fsp3) is 0.286. The summed E-state index contributed by atoms with van der Waals surface area (Å²) in [5, 5.41) is 13.2. The standard InChI is InChI=1S/C21H22N6O4/c28-19(22-13-18-7-4-12-31-18)14-26-21(30)27(25-24-26)17-10-8-16(9-11-17)23-20(29)15-5-2-1-3-6-15/h1-2,4,7-12,15H,3,5-6,13-14H2,(H,22,28)(H,23,29)/t15-/m1/s1. The molecular weight excluding hydrogens is 400 g/mol. The number of hydrogen-bond donors (Lipinski definition) is 2. The van der Waals surface area contributed by atoms with Crippen LogP contribution in [-0.2, 0) is 22.7 Å². The molecule has 31 heavy (non-hydrogen) atoms. The maximum atomic E-state index is 12.5. The van der Waals surface area contributed by atoms with Crippen molar-refractivity contribution in [2.75, 3.05) is 5.32 Å². The Kier molecular flexibility index (Phi) is 6.06. The van der Waals surface area contributed by atoms with Crippen molar-refractivity contribution < 1.29 is 14.0 Å². The van der Waals surface area contributed by atoms with E-state index in [1.807, 2.05) is 6.08 Å². The molecule has 4 rings (SSSR count). The van der Waals surface area contributed by atoms with Gasteiger partial charge in [-0.05, 0) is 66.1 Å². The Hall–Kier alpha value is -3.95. The predicted molar refractivity (Wildman–Crippen MR) is 111 cm³/mol. The highest BCUT2D eigenvalue weighted by atomic mass is 16.3. The van der Waals surface area contributed by atoms with Crippen LogP contribution in [0.4, 0.5) is 5.69 Å². The fourth-order valence-electron chi connectivity index (χ4n) is 3.29. The van der Waals surface area contributed by atoms with Crippen LogP contribution in [0.1, 0.15) is 25.0 Å². The number of hydrogen-bond acceptors (Lipinski definition) is 6. The minimum atomic E-state index is -0.543. The number of benzene rings is 1. The van der Waals surface area contributed by atoms with Crippen molar-refractivity contribution in [3.63, 3.8) is 0 Å². The number of allylic oxidation sites excluding steroid dienone is 2. The van der Waals surface area contributed by atoms with Crippen LogP contribution in [0, 0.1) is 5.92 Å². The molecule has 0 saturated heterocycles. The van der Waals surface area contributed by atoms with Gasteiger partial charge in [-0.3, -0.25) is 9.59 Å². The first-order valence-corrected chi connectivity index (χ1v) is 9.98. The van der Waals surface area contributed by atoms with Crippen molar-refractivity contribution >= 4 is 17.5 Å². The number of aromatic nitrogens is 4. The highest BCUT2D eigenvalue weighted by molar-refractivity contribution is 5.92. The van der Waals surface area contributed by atoms with Crippen molar-refractivity contribution in [3.05, 3.63) is 71.1 Å². The summed E-state index contributed by atoms with van der Waals surface area (Å²) < 4.78 is 7.21. The lowest BCUT2D eigenvalue weighted by Gasteiger charge is -2.17. The van der Waals surface area contributed by atoms with E-state index in [2.05, 4.69) is 27.1 Å². The number of carbonyl (C=O) groups excluding carboxylic acids is 2. The van der Waals surface area contributed by atoms with Gasteiger partial charge in [0.05, 0.1) is 18.5 Å². The van der Waals surface area contributed by atoms with Crippen LogP contribution in [-0.4, -0.2) is 31.6 Å². The van der Waals surface area contributed by atoms with Gasteiger partial charge >= 0.3 is 5.69 Å². The highest BCUT2D eigenvalue weighted by Gasteiger charge is 2.19. The molecule has 10 nitrogen and oxygen atoms in total. The van der Waals surface area contributed by atoms with E-state index >= 15 is 0 Å². The minimum absolute atomic E-state index is 0.0132. The largest absolute Gasteiger partial charge is 0.467 e. The Balaban J connectivity index is 1.36. The molecule has 10 heteroatoms. The van der Waals surface area contributed by atoms with Gasteiger partial charge in [0.2, 0.25) is 11.8 Å². The van der Waals surface area contributed by atoms with Crippen molar-refractivity contribution in [3.8, 4) is 5.69 Å². The molecule has 0 radical (unpaired) electrons. The quantitative estimate of drug-likeness (QED) is 0.558. The van der Waals surface area contributed by atoms with Crippen molar-refractivity contribution in [1.82, 2.24) is 25.1 Å². The Morgan fingerprint density at radius 3 is 2.68 bits per heavy atom. The first kappa shape index (κ1) is 20.3. The molecule has 0 aliphatic heterocycles. The summed E-state index contributed by atoms with van der Waals surface area (Å²) >= 11 is 0. The zero-order valence-corrected chi connectivity index (χ0v) is 16.7. The van der Waals surface area contributed by atoms with Crippen LogP contribution in [0.2, 0.25) is 0 Å². The molecule has 2 amide bonds. The zero-order valence-electron chi connectivity index (χ0n) is 16.7. The van der Waals surface area contributed by atoms with Gasteiger partial charge in [0.1, 0.15) is 12.3 Å². The monoisotopic (exact) mass is 422 g/mol. The molecule has 3 aromatic rings. The molecule has 0 bridgehead atoms. The first-order valence-electron chi connectivity index (χ1n) is 9.98. The molecule has 1 aliphatic carbocycles. The molecule has 2 N–H and O–H groups in total. The molecule has 2 heterocycles. The number of rotatable bonds is 7. The summed E-state index contributed by atoms with van der Waals surface area (Å²) in [6.07, 6.45) is 8.14. The average molecular weight is 422 g/mol. The van der Waals surface area contributed by atoms with Crippen LogP contribution in [0.5, 0.6) is 0 Å². The zero-order chi connectivity index (χ0) is 21.6. The molecule has 0 saturated carbocycles. The van der Waals surface area contributed by atoms with E-state index in [-0.39, 0.29) is 30.8 Å². The summed E-state index contributed by atoms with van der Waals surface area (Å²) in [6.45, 7) is -0.0391. The smallest absolute Gasteiger partial charge is 0.368 e. The summed E-state index contributed by atoms with van der Waals surface area (Å²) in [6, 6.07) is 10.2. The van der Waals surface area contributed by atoms with Crippen LogP contribution in [0.25, 0.3) is 5.69 Å². The third kappa shape index (κ3) is 4.97. The van der Waals surface area contributed by atoms with E-state index in [1.165, 1.54) is 6.26 Å². The van der Waals surface area contributed by atoms with Gasteiger partial charge in [0.15, 0.2) is 0 Å². The van der Waals surface area contributed by atoms with Crippen LogP contribution < -0.4 is 16.3 Å². The van der Waals surface area contributed by atoms with E-state index in [9.17, 15) is 14.4 Å². The number of nitrogens with zero attached hydrogens (tertiary/aromatic N) is 4. The van der Waals surface area contributed by atoms with Crippen LogP contribution in [0.15, 0.2) is 64.0 Å². The molecule has 0 fully saturated rings. The molecule has 2 aromatic heterocycles. The molecule has 1 aliphatic rings. The second-order valence-corrected chi connectivity index (χ2v) is 7.20. The lowest BCUT2D eigenvalue weighted by molar-refractivity contribution is -0.122. The van der Waals surface area contributed by atoms with Crippen molar-refractivity contribution in [2.24, 2.45) is 5.92 Å². The van der Waals surface area contributed by atoms with Gasteiger partial charge < -0.3 is 15.1 Å². The Bertz CT molecular complexity index is 1130. The molecule has 0 unspecified atom stereocenters. The van der Waals surface area contributed by atoms with Gasteiger partial charge in [-0.2, -0.15) is 9.36 Å². The molecule has 1 atom stereocenters. The Morgan fingerprint density at radius 2 is 1.97 bits per heavy atom. The van der Waals surface area contributed by atoms with Crippen molar-refractivity contribution in [2.45, 2.75) is 32.4 Å². The maximum absolute atomic E-state index is 12.5. The summed E-state index contributed by atoms with van der Waals surface area (Å²) in [5.74, 6) is 0.185. The third-order valence-electron chi connectivity index (χ3n) is 4.99. The maximum Gasteiger partial charge on any atom is 0.368 e. The van der Waals surface area contributed by atoms with E-state index in [0.29, 0.717) is 17.1 Å². The number of amides is 2. The molecule has 0 spiro atoms. The normalized spacial score (nSPS) is 15.5. The van der Waals surface area contributed by atoms with E-state index in [1.54, 1.807) is 36.4 Å². The van der Waals surface area contributed by atoms with Gasteiger partial charge in [-0.15, -0.1) is 0 Å². The summed E-state index contributed by atoms with van der Waals surface area (Å²) in [5.41, 5.74) is 0.575. The van der Waals surface area contributed by atoms with Gasteiger partial charge in [-0.25, -0.2) is 4.79 Å². The van der Waals surface area contributed by atoms with Crippen LogP contribution in [0.3, 0.4) is 0 Å². The lowest BCUT2D eigenvalue weighted by Crippen LogP contribution is -2.33. The van der Waals surface area contributed by atoms with E-state index < -0.39 is 5.69 Å². The molecule has 1 aromatic carbocycles. The first-order chi connectivity index (χ1) is 15.1. The molecule has 160 valence electrons. The van der Waals surface area contributed by atoms with Gasteiger partial charge in [0.25, 0.3) is 0 Å². The summed E-state index contributed by atoms with van der Waals surface area (Å²) in [7, 11) is 0. The second-order valence-electron chi connectivity index (χ2n) is 7.20. The lowest BCUT2D eigenvalue weighted by atomic mass is 9.93. The number of nitrogens with one attached hydrogen (secondary N) is 2. The SMILES string of the molecule is O=C(Cn1nnn(-c2ccc(NC(=O)[C@@H]3CC=CCC3)cc2)c1=O)NCc1ccco1. The van der Waals surface area contributed by atoms with Gasteiger partial charge in [0, 0.05) is 11.6 Å².